The molecular formula is C21H20F2N2O3S. The zero-order chi connectivity index (χ0) is 21.3. The SMILES string of the molecule is Cc1c(-c2cc(N[S+](C)[O-])ccc2Oc2ccc(F)cc2F)cn(C)c(=O)c1C. The fourth-order valence-electron chi connectivity index (χ4n) is 2.98. The molecule has 1 N–H and O–H groups in total. The molecule has 2 aromatic carbocycles. The van der Waals surface area contributed by atoms with Gasteiger partial charge in [-0.2, -0.15) is 0 Å². The van der Waals surface area contributed by atoms with Crippen molar-refractivity contribution in [2.45, 2.75) is 13.8 Å². The molecule has 0 saturated carbocycles. The zero-order valence-corrected chi connectivity index (χ0v) is 17.2. The summed E-state index contributed by atoms with van der Waals surface area (Å²) in [5.74, 6) is -1.36. The molecule has 8 heteroatoms. The fraction of sp³-hybridized carbons (Fsp3) is 0.190. The van der Waals surface area contributed by atoms with Gasteiger partial charge in [-0.25, -0.2) is 13.5 Å². The summed E-state index contributed by atoms with van der Waals surface area (Å²) in [4.78, 5) is 12.2. The number of aromatic nitrogens is 1. The Labute approximate surface area is 170 Å². The molecule has 1 aromatic heterocycles. The summed E-state index contributed by atoms with van der Waals surface area (Å²) in [5, 5.41) is 0. The maximum absolute atomic E-state index is 14.1. The molecule has 3 aromatic rings. The number of rotatable bonds is 5. The summed E-state index contributed by atoms with van der Waals surface area (Å²) in [7, 11) is 1.64. The van der Waals surface area contributed by atoms with Crippen molar-refractivity contribution < 1.29 is 18.1 Å². The molecule has 1 heterocycles. The number of ether oxygens (including phenoxy) is 1. The molecule has 0 aliphatic carbocycles. The summed E-state index contributed by atoms with van der Waals surface area (Å²) in [6, 6.07) is 8.02. The summed E-state index contributed by atoms with van der Waals surface area (Å²) < 4.78 is 48.9. The van der Waals surface area contributed by atoms with Crippen LogP contribution in [0.4, 0.5) is 14.5 Å². The Morgan fingerprint density at radius 1 is 1.03 bits per heavy atom. The smallest absolute Gasteiger partial charge is 0.253 e. The second-order valence-electron chi connectivity index (χ2n) is 6.65. The number of nitrogens with zero attached hydrogens (tertiary/aromatic N) is 1. The van der Waals surface area contributed by atoms with Crippen LogP contribution in [0.5, 0.6) is 11.5 Å². The van der Waals surface area contributed by atoms with Crippen LogP contribution in [0.3, 0.4) is 0 Å². The molecule has 0 aliphatic heterocycles. The lowest BCUT2D eigenvalue weighted by Gasteiger charge is -2.17. The Bertz CT molecular complexity index is 1130. The third-order valence-electron chi connectivity index (χ3n) is 4.58. The number of hydrogen-bond acceptors (Lipinski definition) is 4. The van der Waals surface area contributed by atoms with Crippen molar-refractivity contribution >= 4 is 17.0 Å². The van der Waals surface area contributed by atoms with E-state index in [1.807, 2.05) is 6.92 Å². The van der Waals surface area contributed by atoms with Crippen molar-refractivity contribution in [1.82, 2.24) is 4.57 Å². The first kappa shape index (κ1) is 20.9. The standard InChI is InChI=1S/C21H20F2N2O3S/c1-12-13(2)21(26)25(3)11-17(12)16-10-15(24-29(4)27)6-8-19(16)28-20-7-5-14(22)9-18(20)23/h5-11,24H,1-4H3. The van der Waals surface area contributed by atoms with Crippen molar-refractivity contribution in [3.8, 4) is 22.6 Å². The monoisotopic (exact) mass is 418 g/mol. The van der Waals surface area contributed by atoms with Gasteiger partial charge in [0.25, 0.3) is 5.56 Å². The van der Waals surface area contributed by atoms with E-state index in [4.69, 9.17) is 4.74 Å². The number of pyridine rings is 1. The van der Waals surface area contributed by atoms with Crippen LogP contribution in [0.25, 0.3) is 11.1 Å². The van der Waals surface area contributed by atoms with Crippen LogP contribution in [0.1, 0.15) is 11.1 Å². The lowest BCUT2D eigenvalue weighted by molar-refractivity contribution is 0.439. The summed E-state index contributed by atoms with van der Waals surface area (Å²) >= 11 is -1.30. The van der Waals surface area contributed by atoms with Gasteiger partial charge in [-0.3, -0.25) is 4.79 Å². The topological polar surface area (TPSA) is 66.3 Å². The minimum absolute atomic E-state index is 0.123. The predicted molar refractivity (Wildman–Crippen MR) is 111 cm³/mol. The number of halogens is 2. The second-order valence-corrected chi connectivity index (χ2v) is 7.77. The van der Waals surface area contributed by atoms with E-state index in [1.54, 1.807) is 38.4 Å². The number of aryl methyl sites for hydroxylation is 1. The minimum Gasteiger partial charge on any atom is -0.593 e. The molecular weight excluding hydrogens is 398 g/mol. The molecule has 1 unspecified atom stereocenters. The van der Waals surface area contributed by atoms with Gasteiger partial charge in [-0.05, 0) is 49.7 Å². The first-order valence-corrected chi connectivity index (χ1v) is 10.3. The van der Waals surface area contributed by atoms with Gasteiger partial charge in [0.15, 0.2) is 11.6 Å². The van der Waals surface area contributed by atoms with Crippen LogP contribution in [-0.4, -0.2) is 15.4 Å². The highest BCUT2D eigenvalue weighted by Crippen LogP contribution is 2.38. The van der Waals surface area contributed by atoms with Gasteiger partial charge in [0.05, 0.1) is 17.0 Å². The van der Waals surface area contributed by atoms with Gasteiger partial charge in [0, 0.05) is 36.0 Å². The largest absolute Gasteiger partial charge is 0.593 e. The van der Waals surface area contributed by atoms with E-state index in [0.717, 1.165) is 17.7 Å². The average molecular weight is 418 g/mol. The van der Waals surface area contributed by atoms with Crippen LogP contribution < -0.4 is 15.0 Å². The highest BCUT2D eigenvalue weighted by Gasteiger charge is 2.17. The molecule has 0 saturated heterocycles. The van der Waals surface area contributed by atoms with Gasteiger partial charge in [0.2, 0.25) is 0 Å². The molecule has 0 spiro atoms. The first-order chi connectivity index (χ1) is 13.7. The van der Waals surface area contributed by atoms with Crippen molar-refractivity contribution in [3.05, 3.63) is 75.7 Å². The number of benzene rings is 2. The fourth-order valence-corrected chi connectivity index (χ4v) is 3.44. The molecule has 0 aliphatic rings. The van der Waals surface area contributed by atoms with Crippen LogP contribution >= 0.6 is 0 Å². The van der Waals surface area contributed by atoms with Crippen molar-refractivity contribution in [2.75, 3.05) is 11.0 Å². The maximum Gasteiger partial charge on any atom is 0.253 e. The average Bonchev–Trinajstić information content (AvgIpc) is 2.66. The molecule has 152 valence electrons. The van der Waals surface area contributed by atoms with E-state index in [0.29, 0.717) is 28.1 Å². The van der Waals surface area contributed by atoms with E-state index in [1.165, 1.54) is 16.9 Å². The number of anilines is 1. The van der Waals surface area contributed by atoms with Crippen LogP contribution in [0.15, 0.2) is 47.4 Å². The van der Waals surface area contributed by atoms with Crippen LogP contribution in [0, 0.1) is 25.5 Å². The number of nitrogens with one attached hydrogen (secondary N) is 1. The van der Waals surface area contributed by atoms with E-state index in [-0.39, 0.29) is 11.3 Å². The minimum atomic E-state index is -1.30. The molecule has 0 fully saturated rings. The van der Waals surface area contributed by atoms with E-state index in [9.17, 15) is 18.1 Å². The quantitative estimate of drug-likeness (QED) is 0.622. The third kappa shape index (κ3) is 4.44. The molecule has 0 amide bonds. The van der Waals surface area contributed by atoms with Crippen LogP contribution in [0.2, 0.25) is 0 Å². The van der Waals surface area contributed by atoms with Crippen LogP contribution in [-0.2, 0) is 18.4 Å². The van der Waals surface area contributed by atoms with E-state index in [2.05, 4.69) is 4.72 Å². The molecule has 5 nitrogen and oxygen atoms in total. The maximum atomic E-state index is 14.1. The Kier molecular flexibility index (Phi) is 5.95. The Balaban J connectivity index is 2.18. The normalized spacial score (nSPS) is 12.0. The Morgan fingerprint density at radius 2 is 1.72 bits per heavy atom. The van der Waals surface area contributed by atoms with Gasteiger partial charge in [-0.1, -0.05) is 0 Å². The molecule has 3 rings (SSSR count). The molecule has 0 radical (unpaired) electrons. The number of hydrogen-bond donors (Lipinski definition) is 1. The summed E-state index contributed by atoms with van der Waals surface area (Å²) in [5.41, 5.74) is 3.03. The second kappa shape index (κ2) is 8.26. The van der Waals surface area contributed by atoms with Crippen molar-refractivity contribution in [1.29, 1.82) is 0 Å². The molecule has 1 atom stereocenters. The molecule has 29 heavy (non-hydrogen) atoms. The van der Waals surface area contributed by atoms with E-state index < -0.39 is 23.0 Å². The summed E-state index contributed by atoms with van der Waals surface area (Å²) in [6.45, 7) is 3.54. The summed E-state index contributed by atoms with van der Waals surface area (Å²) in [6.07, 6.45) is 3.17. The van der Waals surface area contributed by atoms with Gasteiger partial charge >= 0.3 is 0 Å². The van der Waals surface area contributed by atoms with Gasteiger partial charge < -0.3 is 13.9 Å². The lowest BCUT2D eigenvalue weighted by Crippen LogP contribution is -2.20. The van der Waals surface area contributed by atoms with Gasteiger partial charge in [0.1, 0.15) is 17.8 Å². The molecule has 0 bridgehead atoms. The highest BCUT2D eigenvalue weighted by atomic mass is 32.2. The predicted octanol–water partition coefficient (Wildman–Crippen LogP) is 4.45. The van der Waals surface area contributed by atoms with E-state index >= 15 is 0 Å². The third-order valence-corrected chi connectivity index (χ3v) is 5.10. The first-order valence-electron chi connectivity index (χ1n) is 8.71. The lowest BCUT2D eigenvalue weighted by atomic mass is 9.98. The highest BCUT2D eigenvalue weighted by molar-refractivity contribution is 7.92. The zero-order valence-electron chi connectivity index (χ0n) is 16.4. The van der Waals surface area contributed by atoms with Crippen molar-refractivity contribution in [2.24, 2.45) is 7.05 Å². The Hall–Kier alpha value is -2.84. The van der Waals surface area contributed by atoms with Crippen molar-refractivity contribution in [3.63, 3.8) is 0 Å². The Morgan fingerprint density at radius 3 is 2.38 bits per heavy atom. The van der Waals surface area contributed by atoms with Gasteiger partial charge in [-0.15, -0.1) is 0 Å².